The Labute approximate surface area is 66.6 Å². The molecule has 0 N–H and O–H groups in total. The Kier molecular flexibility index (Phi) is 8.64. The van der Waals surface area contributed by atoms with E-state index in [-0.39, 0.29) is 0 Å². The van der Waals surface area contributed by atoms with Gasteiger partial charge < -0.3 is 17.3 Å². The fourth-order valence-corrected chi connectivity index (χ4v) is 0.707. The molecule has 0 spiro atoms. The van der Waals surface area contributed by atoms with Crippen LogP contribution in [0.15, 0.2) is 0 Å². The molecule has 2 unspecified atom stereocenters. The molecule has 6 heteroatoms. The van der Waals surface area contributed by atoms with E-state index in [1.807, 2.05) is 0 Å². The summed E-state index contributed by atoms with van der Waals surface area (Å²) < 4.78 is 39.0. The third-order valence-electron chi connectivity index (χ3n) is 1.21. The van der Waals surface area contributed by atoms with E-state index in [0.717, 1.165) is 14.2 Å². The minimum absolute atomic E-state index is 0.735. The molecule has 0 aliphatic carbocycles. The lowest BCUT2D eigenvalue weighted by Crippen LogP contribution is -2.02. The molecule has 0 nitrogen and oxygen atoms in total. The van der Waals surface area contributed by atoms with Crippen LogP contribution in [0.4, 0.5) is 17.3 Å². The molecule has 0 aromatic heterocycles. The lowest BCUT2D eigenvalue weighted by atomic mass is 10.3. The molecule has 0 aromatic rings. The van der Waals surface area contributed by atoms with E-state index in [1.165, 1.54) is 6.42 Å². The van der Waals surface area contributed by atoms with E-state index < -0.39 is 7.25 Å². The van der Waals surface area contributed by atoms with E-state index in [4.69, 9.17) is 0 Å². The monoisotopic (exact) mass is 192 g/mol. The molecule has 0 bridgehead atoms. The molecule has 0 heterocycles. The van der Waals surface area contributed by atoms with Crippen molar-refractivity contribution in [1.29, 1.82) is 0 Å². The van der Waals surface area contributed by atoms with Gasteiger partial charge in [-0.2, -0.15) is 0 Å². The lowest BCUT2D eigenvalue weighted by Gasteiger charge is -1.94. The summed E-state index contributed by atoms with van der Waals surface area (Å²) in [6, 6.07) is 0. The molecule has 2 atom stereocenters. The lowest BCUT2D eigenvalue weighted by molar-refractivity contribution is 0.368. The molecule has 0 aromatic carbocycles. The van der Waals surface area contributed by atoms with Gasteiger partial charge in [-0.1, -0.05) is 6.92 Å². The van der Waals surface area contributed by atoms with Crippen molar-refractivity contribution in [2.75, 3.05) is 6.66 Å². The van der Waals surface area contributed by atoms with Gasteiger partial charge in [-0.15, -0.1) is 0 Å². The van der Waals surface area contributed by atoms with E-state index >= 15 is 0 Å². The highest BCUT2D eigenvalue weighted by atomic mass is 31.1. The average Bonchev–Trinajstić information content (AvgIpc) is 1.83. The summed E-state index contributed by atoms with van der Waals surface area (Å²) in [6.45, 7) is 6.88. The molecule has 0 amide bonds. The summed E-state index contributed by atoms with van der Waals surface area (Å²) in [6.07, 6.45) is 1.37. The molecule has 70 valence electrons. The fourth-order valence-electron chi connectivity index (χ4n) is 0.236. The van der Waals surface area contributed by atoms with Crippen molar-refractivity contribution in [3.8, 4) is 0 Å². The molecule has 0 aliphatic heterocycles. The van der Waals surface area contributed by atoms with E-state index in [9.17, 15) is 17.3 Å². The van der Waals surface area contributed by atoms with Crippen molar-refractivity contribution in [2.24, 2.45) is 0 Å². The number of halogens is 4. The van der Waals surface area contributed by atoms with Crippen LogP contribution in [0.2, 0.25) is 0 Å². The third-order valence-corrected chi connectivity index (χ3v) is 2.82. The fraction of sp³-hybridized carbons (Fsp3) is 1.00. The second-order valence-electron chi connectivity index (χ2n) is 2.21. The van der Waals surface area contributed by atoms with E-state index in [1.54, 1.807) is 0 Å². The maximum atomic E-state index is 9.75. The predicted molar refractivity (Wildman–Crippen MR) is 45.6 cm³/mol. The highest BCUT2D eigenvalue weighted by molar-refractivity contribution is 7.37. The second-order valence-corrected chi connectivity index (χ2v) is 4.02. The van der Waals surface area contributed by atoms with Crippen LogP contribution in [0.1, 0.15) is 20.3 Å². The molecule has 0 rings (SSSR count). The van der Waals surface area contributed by atoms with Gasteiger partial charge in [0.05, 0.1) is 5.66 Å². The Bertz CT molecular complexity index is 75.0. The zero-order valence-electron chi connectivity index (χ0n) is 6.95. The maximum Gasteiger partial charge on any atom is 0.673 e. The van der Waals surface area contributed by atoms with E-state index in [0.29, 0.717) is 0 Å². The zero-order chi connectivity index (χ0) is 9.49. The van der Waals surface area contributed by atoms with Gasteiger partial charge in [-0.25, -0.2) is 0 Å². The first-order valence-electron chi connectivity index (χ1n) is 3.48. The summed E-state index contributed by atoms with van der Waals surface area (Å²) in [7, 11) is -5.27. The Morgan fingerprint density at radius 1 is 1.27 bits per heavy atom. The van der Waals surface area contributed by atoms with Crippen molar-refractivity contribution in [1.82, 2.24) is 0 Å². The molecule has 0 saturated heterocycles. The summed E-state index contributed by atoms with van der Waals surface area (Å²) in [5.74, 6) is 0. The summed E-state index contributed by atoms with van der Waals surface area (Å²) in [4.78, 5) is 0. The van der Waals surface area contributed by atoms with Crippen molar-refractivity contribution in [3.63, 3.8) is 0 Å². The number of hydrogen-bond acceptors (Lipinski definition) is 0. The first-order valence-corrected chi connectivity index (χ1v) is 5.30. The Hall–Kier alpha value is 0.215. The van der Waals surface area contributed by atoms with Crippen molar-refractivity contribution in [3.05, 3.63) is 0 Å². The Morgan fingerprint density at radius 2 is 1.55 bits per heavy atom. The van der Waals surface area contributed by atoms with Crippen LogP contribution in [-0.4, -0.2) is 19.6 Å². The van der Waals surface area contributed by atoms with E-state index in [2.05, 4.69) is 20.5 Å². The van der Waals surface area contributed by atoms with Gasteiger partial charge in [0, 0.05) is 6.66 Å². The van der Waals surface area contributed by atoms with Gasteiger partial charge >= 0.3 is 7.25 Å². The minimum Gasteiger partial charge on any atom is -0.418 e. The van der Waals surface area contributed by atoms with Gasteiger partial charge in [-0.05, 0) is 21.9 Å². The molecular formula is C5H14BF4P. The SMILES string of the molecule is CCC(C)[PH2+]C.F[B-](F)(F)F. The van der Waals surface area contributed by atoms with Gasteiger partial charge in [-0.3, -0.25) is 0 Å². The van der Waals surface area contributed by atoms with Crippen molar-refractivity contribution < 1.29 is 17.3 Å². The Balaban J connectivity index is 0. The topological polar surface area (TPSA) is 0 Å². The summed E-state index contributed by atoms with van der Waals surface area (Å²) in [5.41, 5.74) is 1.02. The van der Waals surface area contributed by atoms with Crippen LogP contribution < -0.4 is 0 Å². The number of rotatable bonds is 2. The van der Waals surface area contributed by atoms with Crippen LogP contribution >= 0.6 is 8.58 Å². The highest BCUT2D eigenvalue weighted by Gasteiger charge is 2.20. The Morgan fingerprint density at radius 3 is 1.55 bits per heavy atom. The van der Waals surface area contributed by atoms with Gasteiger partial charge in [0.15, 0.2) is 0 Å². The van der Waals surface area contributed by atoms with Crippen LogP contribution in [0.5, 0.6) is 0 Å². The average molecular weight is 192 g/mol. The molecule has 0 radical (unpaired) electrons. The van der Waals surface area contributed by atoms with Crippen LogP contribution in [0.25, 0.3) is 0 Å². The predicted octanol–water partition coefficient (Wildman–Crippen LogP) is 3.13. The van der Waals surface area contributed by atoms with Gasteiger partial charge in [0.2, 0.25) is 0 Å². The van der Waals surface area contributed by atoms with Gasteiger partial charge in [0.1, 0.15) is 0 Å². The summed E-state index contributed by atoms with van der Waals surface area (Å²) in [5, 5.41) is 0. The molecule has 0 fully saturated rings. The van der Waals surface area contributed by atoms with Gasteiger partial charge in [0.25, 0.3) is 0 Å². The van der Waals surface area contributed by atoms with Crippen LogP contribution in [-0.2, 0) is 0 Å². The second kappa shape index (κ2) is 6.90. The smallest absolute Gasteiger partial charge is 0.418 e. The third kappa shape index (κ3) is 38.8. The van der Waals surface area contributed by atoms with Crippen LogP contribution in [0.3, 0.4) is 0 Å². The molecular weight excluding hydrogens is 178 g/mol. The largest absolute Gasteiger partial charge is 0.673 e. The molecule has 0 saturated carbocycles. The maximum absolute atomic E-state index is 9.75. The normalized spacial score (nSPS) is 14.5. The standard InChI is InChI=1S/C5H13P.BF4/c1-4-5(2)6-3;2-1(3,4)5/h5-6H,4H2,1-3H3;/q;-1/p+1. The zero-order valence-corrected chi connectivity index (χ0v) is 8.11. The minimum atomic E-state index is -6.00. The number of hydrogen-bond donors (Lipinski definition) is 0. The molecule has 11 heavy (non-hydrogen) atoms. The molecule has 0 aliphatic rings. The first-order chi connectivity index (χ1) is 4.81. The van der Waals surface area contributed by atoms with Crippen LogP contribution in [0, 0.1) is 0 Å². The van der Waals surface area contributed by atoms with Crippen molar-refractivity contribution in [2.45, 2.75) is 25.9 Å². The highest BCUT2D eigenvalue weighted by Crippen LogP contribution is 2.14. The first kappa shape index (κ1) is 13.8. The van der Waals surface area contributed by atoms with Crippen molar-refractivity contribution >= 4 is 15.8 Å². The quantitative estimate of drug-likeness (QED) is 0.358. The summed E-state index contributed by atoms with van der Waals surface area (Å²) >= 11 is 0.